The number of carbonyl (C=O) groups is 1. The molecular weight excluding hydrogens is 238 g/mol. The van der Waals surface area contributed by atoms with Gasteiger partial charge in [0, 0.05) is 6.54 Å². The molecule has 0 N–H and O–H groups in total. The van der Waals surface area contributed by atoms with Crippen LogP contribution in [0, 0.1) is 0 Å². The van der Waals surface area contributed by atoms with Gasteiger partial charge in [0.1, 0.15) is 4.90 Å². The van der Waals surface area contributed by atoms with Crippen LogP contribution < -0.4 is 0 Å². The number of amides is 1. The first-order chi connectivity index (χ1) is 7.94. The maximum atomic E-state index is 12.1. The molecule has 0 unspecified atom stereocenters. The maximum absolute atomic E-state index is 12.1. The number of hydrogen-bond donors (Lipinski definition) is 0. The van der Waals surface area contributed by atoms with Gasteiger partial charge in [-0.15, -0.1) is 6.58 Å². The molecule has 1 amide bonds. The Hall–Kier alpha value is -1.62. The van der Waals surface area contributed by atoms with Crippen LogP contribution in [0.5, 0.6) is 0 Å². The van der Waals surface area contributed by atoms with E-state index in [0.29, 0.717) is 6.42 Å². The van der Waals surface area contributed by atoms with Crippen molar-refractivity contribution in [3.8, 4) is 0 Å². The van der Waals surface area contributed by atoms with Gasteiger partial charge >= 0.3 is 0 Å². The predicted molar refractivity (Wildman–Crippen MR) is 64.1 cm³/mol. The highest BCUT2D eigenvalue weighted by molar-refractivity contribution is 7.90. The van der Waals surface area contributed by atoms with Gasteiger partial charge in [-0.2, -0.15) is 0 Å². The average molecular weight is 251 g/mol. The fourth-order valence-electron chi connectivity index (χ4n) is 1.74. The molecule has 2 rings (SSSR count). The van der Waals surface area contributed by atoms with Crippen molar-refractivity contribution in [1.82, 2.24) is 4.31 Å². The summed E-state index contributed by atoms with van der Waals surface area (Å²) in [5.41, 5.74) is 1.11. The number of rotatable bonds is 3. The largest absolute Gasteiger partial charge is 0.269 e. The summed E-state index contributed by atoms with van der Waals surface area (Å²) in [6.45, 7) is 5.67. The van der Waals surface area contributed by atoms with Crippen LogP contribution in [0.2, 0.25) is 0 Å². The summed E-state index contributed by atoms with van der Waals surface area (Å²) < 4.78 is 25.1. The Bertz CT molecular complexity index is 590. The second-order valence-corrected chi connectivity index (χ2v) is 5.92. The van der Waals surface area contributed by atoms with Gasteiger partial charge in [-0.1, -0.05) is 17.7 Å². The van der Waals surface area contributed by atoms with Gasteiger partial charge in [0.05, 0.1) is 5.56 Å². The Morgan fingerprint density at radius 2 is 2.00 bits per heavy atom. The summed E-state index contributed by atoms with van der Waals surface area (Å²) in [7, 11) is -3.65. The van der Waals surface area contributed by atoms with Crippen molar-refractivity contribution >= 4 is 15.9 Å². The Labute approximate surface area is 101 Å². The molecule has 1 heterocycles. The lowest BCUT2D eigenvalue weighted by Gasteiger charge is -2.14. The molecule has 0 aromatic heterocycles. The first-order valence-corrected chi connectivity index (χ1v) is 6.69. The van der Waals surface area contributed by atoms with Crippen LogP contribution in [0.4, 0.5) is 0 Å². The zero-order chi connectivity index (χ0) is 12.6. The van der Waals surface area contributed by atoms with E-state index < -0.39 is 15.9 Å². The van der Waals surface area contributed by atoms with Crippen molar-refractivity contribution in [3.05, 3.63) is 42.0 Å². The SMILES string of the molecule is C=C(C)CCN1C(=O)c2ccccc2S1(=O)=O. The van der Waals surface area contributed by atoms with Crippen molar-refractivity contribution in [1.29, 1.82) is 0 Å². The number of nitrogens with zero attached hydrogens (tertiary/aromatic N) is 1. The van der Waals surface area contributed by atoms with Crippen molar-refractivity contribution in [2.45, 2.75) is 18.2 Å². The molecule has 1 aliphatic heterocycles. The lowest BCUT2D eigenvalue weighted by Crippen LogP contribution is -2.31. The molecule has 0 bridgehead atoms. The highest BCUT2D eigenvalue weighted by Crippen LogP contribution is 2.30. The lowest BCUT2D eigenvalue weighted by atomic mass is 10.2. The summed E-state index contributed by atoms with van der Waals surface area (Å²) in [6, 6.07) is 6.28. The summed E-state index contributed by atoms with van der Waals surface area (Å²) in [4.78, 5) is 12.0. The number of hydrogen-bond acceptors (Lipinski definition) is 3. The Morgan fingerprint density at radius 3 is 2.59 bits per heavy atom. The molecule has 1 aliphatic rings. The molecule has 0 saturated carbocycles. The van der Waals surface area contributed by atoms with Gasteiger partial charge < -0.3 is 0 Å². The third-order valence-electron chi connectivity index (χ3n) is 2.65. The minimum absolute atomic E-state index is 0.103. The van der Waals surface area contributed by atoms with Crippen LogP contribution >= 0.6 is 0 Å². The van der Waals surface area contributed by atoms with Crippen LogP contribution in [0.25, 0.3) is 0 Å². The molecule has 0 aliphatic carbocycles. The van der Waals surface area contributed by atoms with Crippen LogP contribution in [0.1, 0.15) is 23.7 Å². The van der Waals surface area contributed by atoms with Gasteiger partial charge in [-0.3, -0.25) is 4.79 Å². The Kier molecular flexibility index (Phi) is 2.79. The molecular formula is C12H13NO3S. The zero-order valence-electron chi connectivity index (χ0n) is 9.51. The Balaban J connectivity index is 2.41. The van der Waals surface area contributed by atoms with Crippen LogP contribution in [-0.4, -0.2) is 25.2 Å². The lowest BCUT2D eigenvalue weighted by molar-refractivity contribution is 0.0872. The maximum Gasteiger partial charge on any atom is 0.269 e. The quantitative estimate of drug-likeness (QED) is 0.770. The molecule has 0 radical (unpaired) electrons. The summed E-state index contributed by atoms with van der Waals surface area (Å²) in [6.07, 6.45) is 0.485. The minimum Gasteiger partial charge on any atom is -0.268 e. The molecule has 4 nitrogen and oxygen atoms in total. The Morgan fingerprint density at radius 1 is 1.35 bits per heavy atom. The van der Waals surface area contributed by atoms with Crippen LogP contribution in [0.15, 0.2) is 41.3 Å². The highest BCUT2D eigenvalue weighted by atomic mass is 32.2. The van der Waals surface area contributed by atoms with E-state index in [1.165, 1.54) is 12.1 Å². The molecule has 1 aromatic rings. The number of fused-ring (bicyclic) bond motifs is 1. The van der Waals surface area contributed by atoms with Gasteiger partial charge in [0.15, 0.2) is 0 Å². The van der Waals surface area contributed by atoms with Crippen LogP contribution in [-0.2, 0) is 10.0 Å². The smallest absolute Gasteiger partial charge is 0.268 e. The summed E-state index contributed by atoms with van der Waals surface area (Å²) in [5, 5.41) is 0. The van der Waals surface area contributed by atoms with Crippen molar-refractivity contribution in [3.63, 3.8) is 0 Å². The number of sulfonamides is 1. The van der Waals surface area contributed by atoms with Crippen LogP contribution in [0.3, 0.4) is 0 Å². The van der Waals surface area contributed by atoms with E-state index in [-0.39, 0.29) is 17.0 Å². The fourth-order valence-corrected chi connectivity index (χ4v) is 3.31. The normalized spacial score (nSPS) is 17.0. The number of benzene rings is 1. The minimum atomic E-state index is -3.65. The summed E-state index contributed by atoms with van der Waals surface area (Å²) >= 11 is 0. The van der Waals surface area contributed by atoms with Gasteiger partial charge in [0.2, 0.25) is 0 Å². The summed E-state index contributed by atoms with van der Waals surface area (Å²) in [5.74, 6) is -0.443. The monoisotopic (exact) mass is 251 g/mol. The average Bonchev–Trinajstić information content (AvgIpc) is 2.46. The first kappa shape index (κ1) is 11.9. The van der Waals surface area contributed by atoms with Gasteiger partial charge in [0.25, 0.3) is 15.9 Å². The molecule has 0 spiro atoms. The van der Waals surface area contributed by atoms with E-state index in [9.17, 15) is 13.2 Å². The van der Waals surface area contributed by atoms with Gasteiger partial charge in [-0.05, 0) is 25.5 Å². The molecule has 0 saturated heterocycles. The van der Waals surface area contributed by atoms with Crippen molar-refractivity contribution < 1.29 is 13.2 Å². The standard InChI is InChI=1S/C12H13NO3S/c1-9(2)7-8-13-12(14)10-5-3-4-6-11(10)17(13,15)16/h3-6H,1,7-8H2,2H3. The van der Waals surface area contributed by atoms with E-state index in [1.54, 1.807) is 19.1 Å². The molecule has 0 atom stereocenters. The number of carbonyl (C=O) groups excluding carboxylic acids is 1. The highest BCUT2D eigenvalue weighted by Gasteiger charge is 2.40. The van der Waals surface area contributed by atoms with Crippen molar-refractivity contribution in [2.24, 2.45) is 0 Å². The zero-order valence-corrected chi connectivity index (χ0v) is 10.3. The molecule has 1 aromatic carbocycles. The second kappa shape index (κ2) is 4.00. The van der Waals surface area contributed by atoms with E-state index >= 15 is 0 Å². The third-order valence-corrected chi connectivity index (χ3v) is 4.49. The molecule has 0 fully saturated rings. The van der Waals surface area contributed by atoms with E-state index in [1.807, 2.05) is 0 Å². The third kappa shape index (κ3) is 1.86. The van der Waals surface area contributed by atoms with E-state index in [4.69, 9.17) is 0 Å². The van der Waals surface area contributed by atoms with Crippen molar-refractivity contribution in [2.75, 3.05) is 6.54 Å². The molecule has 90 valence electrons. The van der Waals surface area contributed by atoms with E-state index in [2.05, 4.69) is 6.58 Å². The second-order valence-electron chi connectivity index (χ2n) is 4.09. The first-order valence-electron chi connectivity index (χ1n) is 5.25. The molecule has 5 heteroatoms. The predicted octanol–water partition coefficient (Wildman–Crippen LogP) is 1.80. The fraction of sp³-hybridized carbons (Fsp3) is 0.250. The van der Waals surface area contributed by atoms with Gasteiger partial charge in [-0.25, -0.2) is 12.7 Å². The molecule has 17 heavy (non-hydrogen) atoms. The van der Waals surface area contributed by atoms with E-state index in [0.717, 1.165) is 9.88 Å². The topological polar surface area (TPSA) is 54.5 Å².